The molecule has 0 spiro atoms. The topological polar surface area (TPSA) is 101 Å². The Hall–Kier alpha value is -3.47. The molecule has 0 saturated carbocycles. The average molecular weight is 511 g/mol. The summed E-state index contributed by atoms with van der Waals surface area (Å²) in [6.45, 7) is 1.67. The smallest absolute Gasteiger partial charge is 0.243 e. The van der Waals surface area contributed by atoms with Crippen LogP contribution in [0, 0.1) is 0 Å². The Bertz CT molecular complexity index is 1460. The van der Waals surface area contributed by atoms with E-state index in [1.165, 1.54) is 4.31 Å². The number of sulfonamides is 1. The van der Waals surface area contributed by atoms with E-state index in [1.807, 2.05) is 23.1 Å². The first-order chi connectivity index (χ1) is 16.9. The normalized spacial score (nSPS) is 14.7. The van der Waals surface area contributed by atoms with Gasteiger partial charge in [-0.05, 0) is 48.5 Å². The third-order valence-corrected chi connectivity index (χ3v) is 7.97. The van der Waals surface area contributed by atoms with Crippen LogP contribution in [0.15, 0.2) is 71.9 Å². The number of anilines is 3. The molecule has 0 bridgehead atoms. The van der Waals surface area contributed by atoms with Gasteiger partial charge >= 0.3 is 0 Å². The molecule has 1 N–H and O–H groups in total. The largest absolute Gasteiger partial charge is 0.481 e. The molecule has 0 amide bonds. The number of aromatic nitrogens is 3. The van der Waals surface area contributed by atoms with Crippen molar-refractivity contribution >= 4 is 49.9 Å². The molecule has 11 heteroatoms. The zero-order chi connectivity index (χ0) is 24.4. The highest BCUT2D eigenvalue weighted by atomic mass is 35.5. The number of rotatable bonds is 6. The molecule has 5 rings (SSSR count). The van der Waals surface area contributed by atoms with Crippen LogP contribution in [0.25, 0.3) is 10.9 Å². The molecule has 2 aromatic carbocycles. The summed E-state index contributed by atoms with van der Waals surface area (Å²) < 4.78 is 33.1. The fourth-order valence-electron chi connectivity index (χ4n) is 3.97. The van der Waals surface area contributed by atoms with Gasteiger partial charge in [-0.2, -0.15) is 9.29 Å². The highest BCUT2D eigenvalue weighted by Gasteiger charge is 2.29. The number of nitrogens with zero attached hydrogens (tertiary/aromatic N) is 5. The van der Waals surface area contributed by atoms with Crippen molar-refractivity contribution in [3.8, 4) is 5.88 Å². The number of ether oxygens (including phenoxy) is 1. The van der Waals surface area contributed by atoms with Crippen LogP contribution in [-0.2, 0) is 10.0 Å². The first-order valence-corrected chi connectivity index (χ1v) is 12.8. The fourth-order valence-corrected chi connectivity index (χ4v) is 5.56. The molecule has 0 aliphatic carbocycles. The van der Waals surface area contributed by atoms with Crippen molar-refractivity contribution in [2.24, 2.45) is 0 Å². The van der Waals surface area contributed by atoms with Crippen molar-refractivity contribution in [2.75, 3.05) is 43.5 Å². The number of fused-ring (bicyclic) bond motifs is 1. The Balaban J connectivity index is 1.28. The lowest BCUT2D eigenvalue weighted by atomic mass is 10.2. The van der Waals surface area contributed by atoms with E-state index in [-0.39, 0.29) is 4.90 Å². The minimum atomic E-state index is -3.62. The van der Waals surface area contributed by atoms with Gasteiger partial charge in [0.05, 0.1) is 17.5 Å². The van der Waals surface area contributed by atoms with E-state index in [0.29, 0.717) is 43.0 Å². The number of halogens is 1. The molecule has 180 valence electrons. The van der Waals surface area contributed by atoms with E-state index < -0.39 is 10.0 Å². The zero-order valence-corrected chi connectivity index (χ0v) is 20.5. The number of benzene rings is 2. The molecule has 1 aliphatic rings. The Kier molecular flexibility index (Phi) is 6.42. The molecule has 0 unspecified atom stereocenters. The van der Waals surface area contributed by atoms with Crippen LogP contribution in [0.4, 0.5) is 17.3 Å². The van der Waals surface area contributed by atoms with Crippen LogP contribution >= 0.6 is 11.6 Å². The molecule has 2 aromatic heterocycles. The second-order valence-electron chi connectivity index (χ2n) is 7.96. The third-order valence-electron chi connectivity index (χ3n) is 5.82. The van der Waals surface area contributed by atoms with Crippen LogP contribution in [0.3, 0.4) is 0 Å². The van der Waals surface area contributed by atoms with E-state index in [0.717, 1.165) is 22.3 Å². The van der Waals surface area contributed by atoms with Crippen LogP contribution in [0.2, 0.25) is 5.02 Å². The fraction of sp³-hybridized carbons (Fsp3) is 0.208. The third kappa shape index (κ3) is 4.86. The van der Waals surface area contributed by atoms with Crippen LogP contribution in [0.1, 0.15) is 0 Å². The van der Waals surface area contributed by atoms with Gasteiger partial charge in [0.1, 0.15) is 0 Å². The summed E-state index contributed by atoms with van der Waals surface area (Å²) in [6, 6.07) is 15.8. The molecule has 1 aliphatic heterocycles. The van der Waals surface area contributed by atoms with E-state index in [2.05, 4.69) is 20.3 Å². The molecule has 4 aromatic rings. The van der Waals surface area contributed by atoms with Gasteiger partial charge in [-0.15, -0.1) is 0 Å². The number of hydrogen-bond donors (Lipinski definition) is 1. The molecule has 0 radical (unpaired) electrons. The molecule has 9 nitrogen and oxygen atoms in total. The summed E-state index contributed by atoms with van der Waals surface area (Å²) in [6.07, 6.45) is 3.33. The summed E-state index contributed by atoms with van der Waals surface area (Å²) in [5.41, 5.74) is 2.41. The quantitative estimate of drug-likeness (QED) is 0.416. The second kappa shape index (κ2) is 9.65. The number of hydrogen-bond acceptors (Lipinski definition) is 8. The van der Waals surface area contributed by atoms with Crippen LogP contribution in [0.5, 0.6) is 5.88 Å². The number of pyridine rings is 1. The maximum Gasteiger partial charge on any atom is 0.243 e. The highest BCUT2D eigenvalue weighted by Crippen LogP contribution is 2.28. The minimum absolute atomic E-state index is 0.250. The number of methoxy groups -OCH3 is 1. The molecule has 1 saturated heterocycles. The lowest BCUT2D eigenvalue weighted by Gasteiger charge is -2.34. The predicted octanol–water partition coefficient (Wildman–Crippen LogP) is 3.94. The van der Waals surface area contributed by atoms with Crippen molar-refractivity contribution in [3.63, 3.8) is 0 Å². The van der Waals surface area contributed by atoms with E-state index >= 15 is 0 Å². The lowest BCUT2D eigenvalue weighted by Crippen LogP contribution is -2.49. The Labute approximate surface area is 208 Å². The van der Waals surface area contributed by atoms with Crippen molar-refractivity contribution in [1.82, 2.24) is 19.3 Å². The zero-order valence-electron chi connectivity index (χ0n) is 18.9. The molecule has 0 atom stereocenters. The summed E-state index contributed by atoms with van der Waals surface area (Å²) in [4.78, 5) is 15.2. The van der Waals surface area contributed by atoms with Crippen molar-refractivity contribution in [2.45, 2.75) is 4.90 Å². The van der Waals surface area contributed by atoms with Crippen LogP contribution in [-0.4, -0.2) is 61.0 Å². The highest BCUT2D eigenvalue weighted by molar-refractivity contribution is 7.89. The molecular weight excluding hydrogens is 488 g/mol. The molecule has 35 heavy (non-hydrogen) atoms. The standard InChI is InChI=1S/C24H23ClN6O3S/c1-34-23-9-11-27-24(29-23)30-12-14-31(15-13-30)35(32,33)19-5-3-18(4-6-19)28-21-8-10-26-22-16-17(25)2-7-20(21)22/h2-11,16H,12-15H2,1H3,(H,26,28). The van der Waals surface area contributed by atoms with E-state index in [1.54, 1.807) is 55.9 Å². The Morgan fingerprint density at radius 3 is 2.43 bits per heavy atom. The first-order valence-electron chi connectivity index (χ1n) is 11.0. The lowest BCUT2D eigenvalue weighted by molar-refractivity contribution is 0.377. The molecule has 3 heterocycles. The van der Waals surface area contributed by atoms with Gasteiger partial charge in [-0.3, -0.25) is 4.98 Å². The summed E-state index contributed by atoms with van der Waals surface area (Å²) >= 11 is 6.07. The van der Waals surface area contributed by atoms with Gasteiger partial charge in [0, 0.05) is 66.4 Å². The summed E-state index contributed by atoms with van der Waals surface area (Å²) in [5, 5.41) is 4.88. The Morgan fingerprint density at radius 1 is 0.943 bits per heavy atom. The van der Waals surface area contributed by atoms with Crippen molar-refractivity contribution < 1.29 is 13.2 Å². The minimum Gasteiger partial charge on any atom is -0.481 e. The van der Waals surface area contributed by atoms with E-state index in [9.17, 15) is 8.42 Å². The average Bonchev–Trinajstić information content (AvgIpc) is 2.89. The molecule has 1 fully saturated rings. The van der Waals surface area contributed by atoms with Gasteiger partial charge in [-0.1, -0.05) is 11.6 Å². The van der Waals surface area contributed by atoms with Crippen LogP contribution < -0.4 is 15.0 Å². The predicted molar refractivity (Wildman–Crippen MR) is 136 cm³/mol. The summed E-state index contributed by atoms with van der Waals surface area (Å²) in [7, 11) is -2.07. The van der Waals surface area contributed by atoms with Gasteiger partial charge in [-0.25, -0.2) is 13.4 Å². The number of nitrogens with one attached hydrogen (secondary N) is 1. The SMILES string of the molecule is COc1ccnc(N2CCN(S(=O)(=O)c3ccc(Nc4ccnc5cc(Cl)ccc45)cc3)CC2)n1. The van der Waals surface area contributed by atoms with Gasteiger partial charge < -0.3 is 15.0 Å². The van der Waals surface area contributed by atoms with Gasteiger partial charge in [0.25, 0.3) is 0 Å². The van der Waals surface area contributed by atoms with Crippen molar-refractivity contribution in [1.29, 1.82) is 0 Å². The van der Waals surface area contributed by atoms with E-state index in [4.69, 9.17) is 16.3 Å². The maximum atomic E-state index is 13.2. The monoisotopic (exact) mass is 510 g/mol. The van der Waals surface area contributed by atoms with Gasteiger partial charge in [0.15, 0.2) is 0 Å². The molecular formula is C24H23ClN6O3S. The first kappa shape index (κ1) is 23.3. The Morgan fingerprint density at radius 2 is 1.69 bits per heavy atom. The van der Waals surface area contributed by atoms with Gasteiger partial charge in [0.2, 0.25) is 21.9 Å². The second-order valence-corrected chi connectivity index (χ2v) is 10.3. The van der Waals surface area contributed by atoms with Crippen molar-refractivity contribution in [3.05, 3.63) is 72.0 Å². The maximum absolute atomic E-state index is 13.2. The summed E-state index contributed by atoms with van der Waals surface area (Å²) in [5.74, 6) is 1.00. The number of piperazine rings is 1.